The highest BCUT2D eigenvalue weighted by atomic mass is 16.5. The zero-order valence-corrected chi connectivity index (χ0v) is 10.6. The molecule has 0 spiro atoms. The van der Waals surface area contributed by atoms with Gasteiger partial charge in [-0.1, -0.05) is 6.92 Å². The number of fused-ring (bicyclic) bond motifs is 1. The molecule has 3 heterocycles. The van der Waals surface area contributed by atoms with E-state index in [0.29, 0.717) is 0 Å². The van der Waals surface area contributed by atoms with E-state index in [0.717, 1.165) is 44.4 Å². The normalized spacial score (nSPS) is 25.8. The number of hydrogen-bond donors (Lipinski definition) is 0. The van der Waals surface area contributed by atoms with Crippen molar-refractivity contribution in [1.82, 2.24) is 14.8 Å². The summed E-state index contributed by atoms with van der Waals surface area (Å²) in [6.45, 7) is 5.27. The van der Waals surface area contributed by atoms with E-state index in [9.17, 15) is 0 Å². The molecule has 2 aliphatic rings. The first-order valence-electron chi connectivity index (χ1n) is 6.81. The molecular formula is C13H21N3O. The van der Waals surface area contributed by atoms with Crippen LogP contribution in [0.1, 0.15) is 37.8 Å². The zero-order valence-electron chi connectivity index (χ0n) is 10.6. The van der Waals surface area contributed by atoms with Gasteiger partial charge in [0.1, 0.15) is 11.6 Å². The number of aromatic nitrogens is 3. The molecule has 0 saturated carbocycles. The summed E-state index contributed by atoms with van der Waals surface area (Å²) < 4.78 is 7.77. The van der Waals surface area contributed by atoms with Crippen LogP contribution < -0.4 is 0 Å². The molecule has 17 heavy (non-hydrogen) atoms. The summed E-state index contributed by atoms with van der Waals surface area (Å²) in [5.74, 6) is 3.92. The third kappa shape index (κ3) is 2.37. The molecule has 94 valence electrons. The number of aryl methyl sites for hydroxylation is 1. The number of nitrogens with zero attached hydrogens (tertiary/aromatic N) is 3. The summed E-state index contributed by atoms with van der Waals surface area (Å²) in [5.41, 5.74) is 0. The lowest BCUT2D eigenvalue weighted by molar-refractivity contribution is 0.0656. The van der Waals surface area contributed by atoms with E-state index in [-0.39, 0.29) is 0 Å². The molecule has 0 radical (unpaired) electrons. The minimum absolute atomic E-state index is 0.745. The van der Waals surface area contributed by atoms with E-state index in [2.05, 4.69) is 21.7 Å². The second-order valence-corrected chi connectivity index (χ2v) is 5.55. The molecule has 4 nitrogen and oxygen atoms in total. The van der Waals surface area contributed by atoms with Gasteiger partial charge in [0.2, 0.25) is 0 Å². The van der Waals surface area contributed by atoms with Crippen molar-refractivity contribution < 1.29 is 4.74 Å². The van der Waals surface area contributed by atoms with Gasteiger partial charge in [-0.15, -0.1) is 10.2 Å². The Labute approximate surface area is 102 Å². The lowest BCUT2D eigenvalue weighted by Gasteiger charge is -2.24. The maximum Gasteiger partial charge on any atom is 0.133 e. The molecule has 0 amide bonds. The smallest absolute Gasteiger partial charge is 0.133 e. The highest BCUT2D eigenvalue weighted by Crippen LogP contribution is 2.23. The molecule has 4 heteroatoms. The summed E-state index contributed by atoms with van der Waals surface area (Å²) >= 11 is 0. The summed E-state index contributed by atoms with van der Waals surface area (Å²) in [4.78, 5) is 0. The van der Waals surface area contributed by atoms with Gasteiger partial charge in [0, 0.05) is 32.6 Å². The first-order chi connectivity index (χ1) is 8.33. The first kappa shape index (κ1) is 11.2. The first-order valence-corrected chi connectivity index (χ1v) is 6.81. The summed E-state index contributed by atoms with van der Waals surface area (Å²) in [5, 5.41) is 8.74. The molecule has 1 saturated heterocycles. The van der Waals surface area contributed by atoms with E-state index in [1.54, 1.807) is 0 Å². The molecule has 2 aliphatic heterocycles. The number of ether oxygens (including phenoxy) is 1. The Balaban J connectivity index is 1.72. The number of rotatable bonds is 2. The van der Waals surface area contributed by atoms with Gasteiger partial charge in [-0.2, -0.15) is 0 Å². The summed E-state index contributed by atoms with van der Waals surface area (Å²) in [6.07, 6.45) is 5.80. The van der Waals surface area contributed by atoms with Gasteiger partial charge in [0.25, 0.3) is 0 Å². The second-order valence-electron chi connectivity index (χ2n) is 5.55. The van der Waals surface area contributed by atoms with E-state index in [1.165, 1.54) is 30.9 Å². The lowest BCUT2D eigenvalue weighted by atomic mass is 9.95. The minimum atomic E-state index is 0.745. The molecule has 0 N–H and O–H groups in total. The molecule has 1 aromatic rings. The molecule has 3 rings (SSSR count). The summed E-state index contributed by atoms with van der Waals surface area (Å²) in [7, 11) is 0. The molecule has 0 aromatic carbocycles. The van der Waals surface area contributed by atoms with E-state index in [1.807, 2.05) is 0 Å². The Kier molecular flexibility index (Phi) is 3.14. The van der Waals surface area contributed by atoms with Crippen molar-refractivity contribution in [2.24, 2.45) is 11.8 Å². The second kappa shape index (κ2) is 4.77. The minimum Gasteiger partial charge on any atom is -0.381 e. The maximum absolute atomic E-state index is 5.41. The Morgan fingerprint density at radius 2 is 2.06 bits per heavy atom. The fourth-order valence-corrected chi connectivity index (χ4v) is 2.91. The van der Waals surface area contributed by atoms with Crippen molar-refractivity contribution in [3.8, 4) is 0 Å². The number of hydrogen-bond acceptors (Lipinski definition) is 3. The Morgan fingerprint density at radius 1 is 1.24 bits per heavy atom. The quantitative estimate of drug-likeness (QED) is 0.785. The van der Waals surface area contributed by atoms with Crippen LogP contribution in [-0.4, -0.2) is 28.0 Å². The maximum atomic E-state index is 5.41. The topological polar surface area (TPSA) is 39.9 Å². The molecule has 0 bridgehead atoms. The molecular weight excluding hydrogens is 214 g/mol. The van der Waals surface area contributed by atoms with Crippen molar-refractivity contribution >= 4 is 0 Å². The molecule has 0 aliphatic carbocycles. The Hall–Kier alpha value is -0.900. The third-order valence-electron chi connectivity index (χ3n) is 4.07. The van der Waals surface area contributed by atoms with Gasteiger partial charge >= 0.3 is 0 Å². The van der Waals surface area contributed by atoms with E-state index < -0.39 is 0 Å². The van der Waals surface area contributed by atoms with Gasteiger partial charge in [-0.3, -0.25) is 0 Å². The van der Waals surface area contributed by atoms with Crippen LogP contribution in [0.4, 0.5) is 0 Å². The molecule has 1 unspecified atom stereocenters. The van der Waals surface area contributed by atoms with Crippen molar-refractivity contribution in [2.75, 3.05) is 13.2 Å². The Morgan fingerprint density at radius 3 is 2.88 bits per heavy atom. The van der Waals surface area contributed by atoms with Crippen molar-refractivity contribution in [3.63, 3.8) is 0 Å². The largest absolute Gasteiger partial charge is 0.381 e. The average Bonchev–Trinajstić information content (AvgIpc) is 2.73. The Bertz CT molecular complexity index is 382. The fourth-order valence-electron chi connectivity index (χ4n) is 2.91. The molecule has 1 fully saturated rings. The highest BCUT2D eigenvalue weighted by molar-refractivity contribution is 5.01. The van der Waals surface area contributed by atoms with Crippen LogP contribution in [0.3, 0.4) is 0 Å². The van der Waals surface area contributed by atoms with Gasteiger partial charge in [-0.25, -0.2) is 0 Å². The van der Waals surface area contributed by atoms with E-state index in [4.69, 9.17) is 4.74 Å². The van der Waals surface area contributed by atoms with E-state index >= 15 is 0 Å². The van der Waals surface area contributed by atoms with Crippen LogP contribution in [0, 0.1) is 11.8 Å². The monoisotopic (exact) mass is 235 g/mol. The summed E-state index contributed by atoms with van der Waals surface area (Å²) in [6, 6.07) is 0. The van der Waals surface area contributed by atoms with Crippen LogP contribution in [-0.2, 0) is 24.1 Å². The van der Waals surface area contributed by atoms with Crippen LogP contribution in [0.5, 0.6) is 0 Å². The van der Waals surface area contributed by atoms with Crippen LogP contribution >= 0.6 is 0 Å². The van der Waals surface area contributed by atoms with Crippen LogP contribution in [0.25, 0.3) is 0 Å². The van der Waals surface area contributed by atoms with Gasteiger partial charge in [0.05, 0.1) is 0 Å². The highest BCUT2D eigenvalue weighted by Gasteiger charge is 2.23. The van der Waals surface area contributed by atoms with Gasteiger partial charge in [0.15, 0.2) is 0 Å². The van der Waals surface area contributed by atoms with Crippen LogP contribution in [0.2, 0.25) is 0 Å². The molecule has 1 atom stereocenters. The third-order valence-corrected chi connectivity index (χ3v) is 4.07. The predicted molar refractivity (Wildman–Crippen MR) is 64.8 cm³/mol. The molecule has 1 aromatic heterocycles. The average molecular weight is 235 g/mol. The van der Waals surface area contributed by atoms with Gasteiger partial charge < -0.3 is 9.30 Å². The van der Waals surface area contributed by atoms with Crippen LogP contribution in [0.15, 0.2) is 0 Å². The lowest BCUT2D eigenvalue weighted by Crippen LogP contribution is -2.23. The standard InChI is InChI=1S/C13H21N3O/c1-10-2-3-12-14-15-13(16(12)9-10)8-11-4-6-17-7-5-11/h10-11H,2-9H2,1H3. The van der Waals surface area contributed by atoms with Gasteiger partial charge in [-0.05, 0) is 31.1 Å². The fraction of sp³-hybridized carbons (Fsp3) is 0.846. The SMILES string of the molecule is CC1CCc2nnc(CC3CCOCC3)n2C1. The predicted octanol–water partition coefficient (Wildman–Crippen LogP) is 1.83. The van der Waals surface area contributed by atoms with Crippen molar-refractivity contribution in [3.05, 3.63) is 11.6 Å². The van der Waals surface area contributed by atoms with Crippen molar-refractivity contribution in [1.29, 1.82) is 0 Å². The zero-order chi connectivity index (χ0) is 11.7. The van der Waals surface area contributed by atoms with Crippen molar-refractivity contribution in [2.45, 2.75) is 45.6 Å².